The van der Waals surface area contributed by atoms with E-state index >= 15 is 0 Å². The molecule has 5 heteroatoms. The molecule has 1 aromatic heterocycles. The largest absolute Gasteiger partial charge is 0.477 e. The summed E-state index contributed by atoms with van der Waals surface area (Å²) in [6.07, 6.45) is 3.23. The fraction of sp³-hybridized carbons (Fsp3) is 0.353. The summed E-state index contributed by atoms with van der Waals surface area (Å²) in [5, 5.41) is 0. The smallest absolute Gasteiger partial charge is 0.338 e. The van der Waals surface area contributed by atoms with Crippen molar-refractivity contribution in [1.29, 1.82) is 0 Å². The lowest BCUT2D eigenvalue weighted by atomic mass is 10.1. The summed E-state index contributed by atoms with van der Waals surface area (Å²) >= 11 is 0. The molecule has 2 aromatic rings. The normalized spacial score (nSPS) is 11.1. The summed E-state index contributed by atoms with van der Waals surface area (Å²) in [6, 6.07) is 7.08. The van der Waals surface area contributed by atoms with Gasteiger partial charge in [-0.2, -0.15) is 0 Å². The third kappa shape index (κ3) is 4.28. The summed E-state index contributed by atoms with van der Waals surface area (Å²) in [6.45, 7) is 7.95. The molecule has 0 fully saturated rings. The highest BCUT2D eigenvalue weighted by molar-refractivity contribution is 5.90. The lowest BCUT2D eigenvalue weighted by Crippen LogP contribution is -2.23. The lowest BCUT2D eigenvalue weighted by molar-refractivity contribution is 0.00695. The SMILES string of the molecule is CCOc1cncc(-c2ccc(C(=O)OC(C)(C)C)cc2)n1. The van der Waals surface area contributed by atoms with Gasteiger partial charge in [0.1, 0.15) is 5.60 Å². The summed E-state index contributed by atoms with van der Waals surface area (Å²) in [5.74, 6) is 0.143. The molecule has 22 heavy (non-hydrogen) atoms. The first-order chi connectivity index (χ1) is 10.4. The van der Waals surface area contributed by atoms with E-state index in [-0.39, 0.29) is 5.97 Å². The third-order valence-corrected chi connectivity index (χ3v) is 2.72. The van der Waals surface area contributed by atoms with Gasteiger partial charge in [-0.25, -0.2) is 9.78 Å². The van der Waals surface area contributed by atoms with Gasteiger partial charge in [0, 0.05) is 5.56 Å². The highest BCUT2D eigenvalue weighted by Crippen LogP contribution is 2.20. The molecule has 0 atom stereocenters. The maximum atomic E-state index is 12.0. The molecule has 0 amide bonds. The van der Waals surface area contributed by atoms with Crippen LogP contribution < -0.4 is 4.74 Å². The van der Waals surface area contributed by atoms with Crippen LogP contribution in [0.25, 0.3) is 11.3 Å². The topological polar surface area (TPSA) is 61.3 Å². The number of hydrogen-bond donors (Lipinski definition) is 0. The van der Waals surface area contributed by atoms with E-state index in [0.29, 0.717) is 23.7 Å². The number of carbonyl (C=O) groups is 1. The van der Waals surface area contributed by atoms with E-state index in [1.165, 1.54) is 0 Å². The molecule has 1 aromatic carbocycles. The van der Waals surface area contributed by atoms with E-state index in [4.69, 9.17) is 9.47 Å². The number of aromatic nitrogens is 2. The zero-order chi connectivity index (χ0) is 16.2. The van der Waals surface area contributed by atoms with E-state index in [1.54, 1.807) is 24.5 Å². The maximum Gasteiger partial charge on any atom is 0.338 e. The van der Waals surface area contributed by atoms with E-state index in [9.17, 15) is 4.79 Å². The molecule has 2 rings (SSSR count). The molecule has 0 N–H and O–H groups in total. The zero-order valence-electron chi connectivity index (χ0n) is 13.3. The van der Waals surface area contributed by atoms with Gasteiger partial charge in [0.15, 0.2) is 0 Å². The van der Waals surface area contributed by atoms with Crippen molar-refractivity contribution in [3.63, 3.8) is 0 Å². The average molecular weight is 300 g/mol. The van der Waals surface area contributed by atoms with Crippen LogP contribution in [0.4, 0.5) is 0 Å². The number of rotatable bonds is 4. The first-order valence-corrected chi connectivity index (χ1v) is 7.17. The van der Waals surface area contributed by atoms with Gasteiger partial charge in [-0.15, -0.1) is 0 Å². The zero-order valence-corrected chi connectivity index (χ0v) is 13.3. The molecule has 1 heterocycles. The molecule has 5 nitrogen and oxygen atoms in total. The fourth-order valence-corrected chi connectivity index (χ4v) is 1.82. The van der Waals surface area contributed by atoms with Crippen molar-refractivity contribution in [3.05, 3.63) is 42.2 Å². The van der Waals surface area contributed by atoms with E-state index in [2.05, 4.69) is 9.97 Å². The molecular weight excluding hydrogens is 280 g/mol. The first kappa shape index (κ1) is 15.9. The van der Waals surface area contributed by atoms with E-state index < -0.39 is 5.60 Å². The first-order valence-electron chi connectivity index (χ1n) is 7.17. The van der Waals surface area contributed by atoms with Crippen molar-refractivity contribution in [2.24, 2.45) is 0 Å². The van der Waals surface area contributed by atoms with Crippen LogP contribution in [-0.4, -0.2) is 28.1 Å². The summed E-state index contributed by atoms with van der Waals surface area (Å²) < 4.78 is 10.7. The minimum atomic E-state index is -0.507. The van der Waals surface area contributed by atoms with Crippen molar-refractivity contribution in [1.82, 2.24) is 9.97 Å². The Labute approximate surface area is 130 Å². The van der Waals surface area contributed by atoms with Crippen LogP contribution in [-0.2, 0) is 4.74 Å². The quantitative estimate of drug-likeness (QED) is 0.809. The second-order valence-corrected chi connectivity index (χ2v) is 5.75. The molecule has 0 aliphatic rings. The summed E-state index contributed by atoms with van der Waals surface area (Å²) in [4.78, 5) is 20.4. The third-order valence-electron chi connectivity index (χ3n) is 2.72. The Morgan fingerprint density at radius 1 is 1.14 bits per heavy atom. The van der Waals surface area contributed by atoms with E-state index in [1.807, 2.05) is 39.8 Å². The van der Waals surface area contributed by atoms with Crippen molar-refractivity contribution in [2.45, 2.75) is 33.3 Å². The number of carbonyl (C=O) groups excluding carboxylic acids is 1. The van der Waals surface area contributed by atoms with Crippen LogP contribution in [0.5, 0.6) is 5.88 Å². The van der Waals surface area contributed by atoms with Crippen molar-refractivity contribution in [2.75, 3.05) is 6.61 Å². The minimum absolute atomic E-state index is 0.340. The number of esters is 1. The van der Waals surface area contributed by atoms with Crippen LogP contribution in [0, 0.1) is 0 Å². The Morgan fingerprint density at radius 2 is 1.82 bits per heavy atom. The van der Waals surface area contributed by atoms with Crippen molar-refractivity contribution in [3.8, 4) is 17.1 Å². The van der Waals surface area contributed by atoms with Gasteiger partial charge in [-0.1, -0.05) is 12.1 Å². The number of nitrogens with zero attached hydrogens (tertiary/aromatic N) is 2. The van der Waals surface area contributed by atoms with Gasteiger partial charge >= 0.3 is 5.97 Å². The molecule has 116 valence electrons. The van der Waals surface area contributed by atoms with Gasteiger partial charge in [-0.05, 0) is 39.8 Å². The molecule has 0 saturated carbocycles. The Hall–Kier alpha value is -2.43. The number of benzene rings is 1. The second kappa shape index (κ2) is 6.56. The van der Waals surface area contributed by atoms with Crippen LogP contribution in [0.2, 0.25) is 0 Å². The van der Waals surface area contributed by atoms with Crippen molar-refractivity contribution >= 4 is 5.97 Å². The Balaban J connectivity index is 2.18. The molecule has 0 saturated heterocycles. The maximum absolute atomic E-state index is 12.0. The molecule has 0 radical (unpaired) electrons. The molecule has 0 unspecified atom stereocenters. The lowest BCUT2D eigenvalue weighted by Gasteiger charge is -2.19. The van der Waals surface area contributed by atoms with E-state index in [0.717, 1.165) is 5.56 Å². The van der Waals surface area contributed by atoms with Crippen LogP contribution in [0.1, 0.15) is 38.1 Å². The fourth-order valence-electron chi connectivity index (χ4n) is 1.82. The number of ether oxygens (including phenoxy) is 2. The molecular formula is C17H20N2O3. The highest BCUT2D eigenvalue weighted by Gasteiger charge is 2.17. The monoisotopic (exact) mass is 300 g/mol. The highest BCUT2D eigenvalue weighted by atomic mass is 16.6. The standard InChI is InChI=1S/C17H20N2O3/c1-5-21-15-11-18-10-14(19-15)12-6-8-13(9-7-12)16(20)22-17(2,3)4/h6-11H,5H2,1-4H3. The summed E-state index contributed by atoms with van der Waals surface area (Å²) in [5.41, 5.74) is 1.56. The Kier molecular flexibility index (Phi) is 4.75. The minimum Gasteiger partial charge on any atom is -0.477 e. The second-order valence-electron chi connectivity index (χ2n) is 5.75. The van der Waals surface area contributed by atoms with Gasteiger partial charge in [-0.3, -0.25) is 4.98 Å². The Bertz CT molecular complexity index is 646. The van der Waals surface area contributed by atoms with Crippen LogP contribution in [0.15, 0.2) is 36.7 Å². The van der Waals surface area contributed by atoms with Gasteiger partial charge < -0.3 is 9.47 Å². The van der Waals surface area contributed by atoms with Crippen LogP contribution >= 0.6 is 0 Å². The molecule has 0 aliphatic carbocycles. The van der Waals surface area contributed by atoms with Gasteiger partial charge in [0.05, 0.1) is 30.3 Å². The van der Waals surface area contributed by atoms with Crippen molar-refractivity contribution < 1.29 is 14.3 Å². The van der Waals surface area contributed by atoms with Gasteiger partial charge in [0.25, 0.3) is 0 Å². The summed E-state index contributed by atoms with van der Waals surface area (Å²) in [7, 11) is 0. The van der Waals surface area contributed by atoms with Crippen LogP contribution in [0.3, 0.4) is 0 Å². The number of hydrogen-bond acceptors (Lipinski definition) is 5. The van der Waals surface area contributed by atoms with Gasteiger partial charge in [0.2, 0.25) is 5.88 Å². The predicted octanol–water partition coefficient (Wildman–Crippen LogP) is 3.50. The molecule has 0 bridgehead atoms. The molecule has 0 spiro atoms. The average Bonchev–Trinajstić information content (AvgIpc) is 2.46. The molecule has 0 aliphatic heterocycles. The Morgan fingerprint density at radius 3 is 2.41 bits per heavy atom. The predicted molar refractivity (Wildman–Crippen MR) is 83.8 cm³/mol.